The Morgan fingerprint density at radius 2 is 0.698 bits per heavy atom. The highest BCUT2D eigenvalue weighted by atomic mass is 16.5. The first-order valence-corrected chi connectivity index (χ1v) is 17.8. The van der Waals surface area contributed by atoms with Gasteiger partial charge in [-0.25, -0.2) is 0 Å². The molecule has 0 aromatic carbocycles. The molecule has 0 aliphatic carbocycles. The summed E-state index contributed by atoms with van der Waals surface area (Å²) in [5, 5.41) is 0. The molecule has 280 valence electrons. The fraction of sp³-hybridized carbons (Fsp3) is 0.349. The summed E-state index contributed by atoms with van der Waals surface area (Å²) in [6.07, 6.45) is 8.01. The molecule has 0 saturated heterocycles. The Bertz CT molecular complexity index is 1570. The van der Waals surface area contributed by atoms with E-state index in [0.29, 0.717) is 52.6 Å². The van der Waals surface area contributed by atoms with Crippen molar-refractivity contribution in [2.75, 3.05) is 39.5 Å². The topological polar surface area (TPSA) is 95.0 Å². The van der Waals surface area contributed by atoms with Crippen LogP contribution in [0.4, 0.5) is 0 Å². The van der Waals surface area contributed by atoms with Gasteiger partial charge in [0.2, 0.25) is 0 Å². The number of hydrogen-bond donors (Lipinski definition) is 0. The number of pyridine rings is 4. The van der Waals surface area contributed by atoms with Crippen LogP contribution in [0.1, 0.15) is 56.9 Å². The second kappa shape index (κ2) is 21.3. The van der Waals surface area contributed by atoms with Crippen LogP contribution in [-0.4, -0.2) is 69.3 Å². The standard InChI is InChI=1S/C43H54N6O4/c1-32(2)28-50-40-10-14-44-36(20-40)24-48(25-37-21-41(11-15-45-37)51-29-33(3)4)18-9-19-49(26-38-22-42(12-16-46-38)52-30-34(5)6)27-39-23-43(13-17-47-39)53-31-35(7)8/h10-17,20-23H,1,3,5,7,9,18-19,24-31H2,2,4,6,8H3. The SMILES string of the molecule is C=C(C)COc1ccnc(CN(CCCN(Cc2cc(OCC(=C)C)ccn2)Cc2cc(OCC(=C)C)ccn2)Cc2cc(OCC(=C)C)ccn2)c1. The van der Waals surface area contributed by atoms with Crippen LogP contribution in [0.15, 0.2) is 122 Å². The molecule has 4 heterocycles. The van der Waals surface area contributed by atoms with E-state index < -0.39 is 0 Å². The van der Waals surface area contributed by atoms with Gasteiger partial charge in [-0.05, 0) is 80.7 Å². The zero-order valence-electron chi connectivity index (χ0n) is 31.9. The quantitative estimate of drug-likeness (QED) is 0.0661. The molecular weight excluding hydrogens is 665 g/mol. The Kier molecular flexibility index (Phi) is 16.2. The number of rotatable bonds is 24. The van der Waals surface area contributed by atoms with Gasteiger partial charge in [0.1, 0.15) is 49.4 Å². The average molecular weight is 719 g/mol. The first kappa shape index (κ1) is 40.5. The minimum absolute atomic E-state index is 0.458. The maximum absolute atomic E-state index is 5.93. The molecule has 4 aromatic heterocycles. The van der Waals surface area contributed by atoms with Crippen LogP contribution in [0, 0.1) is 0 Å². The van der Waals surface area contributed by atoms with E-state index in [1.165, 1.54) is 0 Å². The maximum atomic E-state index is 5.93. The van der Waals surface area contributed by atoms with Crippen molar-refractivity contribution in [2.24, 2.45) is 0 Å². The van der Waals surface area contributed by atoms with E-state index in [4.69, 9.17) is 18.9 Å². The Morgan fingerprint density at radius 1 is 0.453 bits per heavy atom. The van der Waals surface area contributed by atoms with E-state index in [9.17, 15) is 0 Å². The Balaban J connectivity index is 1.53. The van der Waals surface area contributed by atoms with Crippen molar-refractivity contribution in [3.05, 3.63) is 145 Å². The third-order valence-corrected chi connectivity index (χ3v) is 7.58. The number of hydrogen-bond acceptors (Lipinski definition) is 10. The molecule has 0 fully saturated rings. The van der Waals surface area contributed by atoms with Crippen LogP contribution in [0.5, 0.6) is 23.0 Å². The van der Waals surface area contributed by atoms with Crippen LogP contribution in [0.3, 0.4) is 0 Å². The van der Waals surface area contributed by atoms with Gasteiger partial charge in [0.05, 0.1) is 22.8 Å². The monoisotopic (exact) mass is 718 g/mol. The maximum Gasteiger partial charge on any atom is 0.123 e. The molecule has 0 saturated carbocycles. The van der Waals surface area contributed by atoms with Crippen LogP contribution in [-0.2, 0) is 26.2 Å². The fourth-order valence-corrected chi connectivity index (χ4v) is 5.22. The van der Waals surface area contributed by atoms with Crippen LogP contribution >= 0.6 is 0 Å². The number of nitrogens with zero attached hydrogens (tertiary/aromatic N) is 6. The molecule has 0 unspecified atom stereocenters. The van der Waals surface area contributed by atoms with E-state index in [0.717, 1.165) is 87.6 Å². The van der Waals surface area contributed by atoms with E-state index in [1.54, 1.807) is 24.8 Å². The van der Waals surface area contributed by atoms with Gasteiger partial charge < -0.3 is 18.9 Å². The summed E-state index contributed by atoms with van der Waals surface area (Å²) in [6.45, 7) is 29.4. The number of ether oxygens (including phenoxy) is 4. The second-order valence-corrected chi connectivity index (χ2v) is 13.7. The van der Waals surface area contributed by atoms with Crippen molar-refractivity contribution < 1.29 is 18.9 Å². The smallest absolute Gasteiger partial charge is 0.123 e. The molecule has 0 bridgehead atoms. The van der Waals surface area contributed by atoms with E-state index in [-0.39, 0.29) is 0 Å². The molecule has 10 heteroatoms. The highest BCUT2D eigenvalue weighted by Crippen LogP contribution is 2.20. The summed E-state index contributed by atoms with van der Waals surface area (Å²) in [6, 6.07) is 15.5. The van der Waals surface area contributed by atoms with E-state index >= 15 is 0 Å². The molecule has 10 nitrogen and oxygen atoms in total. The summed E-state index contributed by atoms with van der Waals surface area (Å²) >= 11 is 0. The molecule has 0 aliphatic heterocycles. The zero-order chi connectivity index (χ0) is 38.0. The lowest BCUT2D eigenvalue weighted by Gasteiger charge is -2.26. The minimum atomic E-state index is 0.458. The van der Waals surface area contributed by atoms with Gasteiger partial charge in [-0.1, -0.05) is 26.3 Å². The van der Waals surface area contributed by atoms with E-state index in [1.807, 2.05) is 76.2 Å². The van der Waals surface area contributed by atoms with Gasteiger partial charge in [0.25, 0.3) is 0 Å². The van der Waals surface area contributed by atoms with Crippen LogP contribution < -0.4 is 18.9 Å². The van der Waals surface area contributed by atoms with Crippen molar-refractivity contribution in [1.29, 1.82) is 0 Å². The molecule has 0 spiro atoms. The van der Waals surface area contributed by atoms with Gasteiger partial charge in [0.15, 0.2) is 0 Å². The molecule has 0 N–H and O–H groups in total. The molecule has 0 amide bonds. The lowest BCUT2D eigenvalue weighted by atomic mass is 10.2. The van der Waals surface area contributed by atoms with Gasteiger partial charge in [0, 0.05) is 88.3 Å². The minimum Gasteiger partial charge on any atom is -0.489 e. The Hall–Kier alpha value is -5.32. The van der Waals surface area contributed by atoms with Crippen LogP contribution in [0.2, 0.25) is 0 Å². The van der Waals surface area contributed by atoms with Gasteiger partial charge in [-0.2, -0.15) is 0 Å². The first-order chi connectivity index (χ1) is 25.5. The summed E-state index contributed by atoms with van der Waals surface area (Å²) < 4.78 is 23.7. The van der Waals surface area contributed by atoms with Gasteiger partial charge >= 0.3 is 0 Å². The second-order valence-electron chi connectivity index (χ2n) is 13.7. The molecular formula is C43H54N6O4. The van der Waals surface area contributed by atoms with Crippen molar-refractivity contribution in [2.45, 2.75) is 60.3 Å². The van der Waals surface area contributed by atoms with Crippen molar-refractivity contribution >= 4 is 0 Å². The largest absolute Gasteiger partial charge is 0.489 e. The highest BCUT2D eigenvalue weighted by molar-refractivity contribution is 5.26. The fourth-order valence-electron chi connectivity index (χ4n) is 5.22. The van der Waals surface area contributed by atoms with Crippen molar-refractivity contribution in [1.82, 2.24) is 29.7 Å². The molecule has 53 heavy (non-hydrogen) atoms. The first-order valence-electron chi connectivity index (χ1n) is 17.8. The Labute approximate surface area is 315 Å². The molecule has 0 aliphatic rings. The zero-order valence-corrected chi connectivity index (χ0v) is 31.9. The molecule has 4 aromatic rings. The summed E-state index contributed by atoms with van der Waals surface area (Å²) in [7, 11) is 0. The lowest BCUT2D eigenvalue weighted by Crippen LogP contribution is -2.30. The summed E-state index contributed by atoms with van der Waals surface area (Å²) in [5.41, 5.74) is 7.44. The van der Waals surface area contributed by atoms with Crippen molar-refractivity contribution in [3.63, 3.8) is 0 Å². The molecule has 0 atom stereocenters. The predicted octanol–water partition coefficient (Wildman–Crippen LogP) is 8.18. The summed E-state index contributed by atoms with van der Waals surface area (Å²) in [4.78, 5) is 23.4. The molecule has 4 rings (SSSR count). The lowest BCUT2D eigenvalue weighted by molar-refractivity contribution is 0.202. The van der Waals surface area contributed by atoms with Gasteiger partial charge in [-0.15, -0.1) is 0 Å². The Morgan fingerprint density at radius 3 is 0.925 bits per heavy atom. The number of aromatic nitrogens is 4. The third kappa shape index (κ3) is 15.8. The molecule has 0 radical (unpaired) electrons. The van der Waals surface area contributed by atoms with E-state index in [2.05, 4.69) is 56.1 Å². The predicted molar refractivity (Wildman–Crippen MR) is 211 cm³/mol. The highest BCUT2D eigenvalue weighted by Gasteiger charge is 2.15. The van der Waals surface area contributed by atoms with Crippen LogP contribution in [0.25, 0.3) is 0 Å². The normalized spacial score (nSPS) is 11.0. The average Bonchev–Trinajstić information content (AvgIpc) is 3.12. The third-order valence-electron chi connectivity index (χ3n) is 7.58. The summed E-state index contributed by atoms with van der Waals surface area (Å²) in [5.74, 6) is 3.06. The van der Waals surface area contributed by atoms with Gasteiger partial charge in [-0.3, -0.25) is 29.7 Å². The van der Waals surface area contributed by atoms with Crippen molar-refractivity contribution in [3.8, 4) is 23.0 Å².